The summed E-state index contributed by atoms with van der Waals surface area (Å²) in [6.45, 7) is 2.38. The lowest BCUT2D eigenvalue weighted by Crippen LogP contribution is -2.27. The maximum absolute atomic E-state index is 12.7. The molecule has 0 saturated carbocycles. The largest absolute Gasteiger partial charge is 0.360 e. The molecule has 2 aromatic rings. The first-order chi connectivity index (χ1) is 10.3. The molecule has 1 aliphatic rings. The normalized spacial score (nSPS) is 17.9. The Hall–Kier alpha value is -2.14. The molecule has 1 atom stereocenters. The Labute approximate surface area is 123 Å². The van der Waals surface area contributed by atoms with Crippen LogP contribution in [0.5, 0.6) is 0 Å². The highest BCUT2D eigenvalue weighted by Crippen LogP contribution is 2.26. The van der Waals surface area contributed by atoms with E-state index in [2.05, 4.69) is 16.5 Å². The summed E-state index contributed by atoms with van der Waals surface area (Å²) in [5.41, 5.74) is 1.92. The van der Waals surface area contributed by atoms with E-state index in [4.69, 9.17) is 4.52 Å². The minimum atomic E-state index is 0.0221. The van der Waals surface area contributed by atoms with E-state index in [0.717, 1.165) is 30.6 Å². The highest BCUT2D eigenvalue weighted by Gasteiger charge is 2.23. The highest BCUT2D eigenvalue weighted by molar-refractivity contribution is 5.95. The third-order valence-corrected chi connectivity index (χ3v) is 3.92. The van der Waals surface area contributed by atoms with Gasteiger partial charge in [-0.2, -0.15) is 0 Å². The summed E-state index contributed by atoms with van der Waals surface area (Å²) in [4.78, 5) is 14.4. The SMILES string of the molecule is CN(Cc1ccno1)C(=O)c1ccccc1C1CCNC1. The van der Waals surface area contributed by atoms with Crippen LogP contribution in [0.4, 0.5) is 0 Å². The molecular formula is C16H19N3O2. The fourth-order valence-electron chi connectivity index (χ4n) is 2.80. The summed E-state index contributed by atoms with van der Waals surface area (Å²) in [5.74, 6) is 1.13. The minimum absolute atomic E-state index is 0.0221. The van der Waals surface area contributed by atoms with Crippen molar-refractivity contribution < 1.29 is 9.32 Å². The van der Waals surface area contributed by atoms with Crippen molar-refractivity contribution in [3.05, 3.63) is 53.4 Å². The molecular weight excluding hydrogens is 266 g/mol. The lowest BCUT2D eigenvalue weighted by molar-refractivity contribution is 0.0770. The first-order valence-corrected chi connectivity index (χ1v) is 7.20. The van der Waals surface area contributed by atoms with E-state index in [1.54, 1.807) is 24.2 Å². The van der Waals surface area contributed by atoms with Gasteiger partial charge in [-0.3, -0.25) is 4.79 Å². The first kappa shape index (κ1) is 13.8. The number of amides is 1. The molecule has 1 aliphatic heterocycles. The van der Waals surface area contributed by atoms with E-state index in [9.17, 15) is 4.79 Å². The second kappa shape index (κ2) is 6.10. The van der Waals surface area contributed by atoms with Crippen molar-refractivity contribution in [3.8, 4) is 0 Å². The topological polar surface area (TPSA) is 58.4 Å². The molecule has 1 aromatic heterocycles. The molecule has 1 unspecified atom stereocenters. The van der Waals surface area contributed by atoms with Gasteiger partial charge >= 0.3 is 0 Å². The molecule has 2 heterocycles. The number of hydrogen-bond donors (Lipinski definition) is 1. The summed E-state index contributed by atoms with van der Waals surface area (Å²) >= 11 is 0. The lowest BCUT2D eigenvalue weighted by Gasteiger charge is -2.19. The summed E-state index contributed by atoms with van der Waals surface area (Å²) in [5, 5.41) is 7.02. The Bertz CT molecular complexity index is 604. The number of benzene rings is 1. The van der Waals surface area contributed by atoms with Crippen LogP contribution in [0.25, 0.3) is 0 Å². The molecule has 1 amide bonds. The molecule has 0 aliphatic carbocycles. The molecule has 3 rings (SSSR count). The summed E-state index contributed by atoms with van der Waals surface area (Å²) in [6, 6.07) is 9.67. The third-order valence-electron chi connectivity index (χ3n) is 3.92. The monoisotopic (exact) mass is 285 g/mol. The van der Waals surface area contributed by atoms with Gasteiger partial charge in [-0.05, 0) is 30.5 Å². The van der Waals surface area contributed by atoms with Gasteiger partial charge in [0.2, 0.25) is 0 Å². The maximum Gasteiger partial charge on any atom is 0.254 e. The molecule has 0 bridgehead atoms. The zero-order chi connectivity index (χ0) is 14.7. The fraction of sp³-hybridized carbons (Fsp3) is 0.375. The molecule has 21 heavy (non-hydrogen) atoms. The van der Waals surface area contributed by atoms with Gasteiger partial charge in [0.1, 0.15) is 0 Å². The van der Waals surface area contributed by atoms with Crippen LogP contribution in [-0.2, 0) is 6.54 Å². The van der Waals surface area contributed by atoms with Gasteiger partial charge in [-0.1, -0.05) is 23.4 Å². The highest BCUT2D eigenvalue weighted by atomic mass is 16.5. The van der Waals surface area contributed by atoms with Crippen LogP contribution in [0.15, 0.2) is 41.1 Å². The Kier molecular flexibility index (Phi) is 4.01. The van der Waals surface area contributed by atoms with Gasteiger partial charge in [0.15, 0.2) is 5.76 Å². The molecule has 110 valence electrons. The van der Waals surface area contributed by atoms with Crippen molar-refractivity contribution in [1.82, 2.24) is 15.4 Å². The third kappa shape index (κ3) is 2.97. The van der Waals surface area contributed by atoms with Crippen LogP contribution < -0.4 is 5.32 Å². The van der Waals surface area contributed by atoms with E-state index >= 15 is 0 Å². The summed E-state index contributed by atoms with van der Waals surface area (Å²) < 4.78 is 5.07. The van der Waals surface area contributed by atoms with E-state index in [1.165, 1.54) is 0 Å². The van der Waals surface area contributed by atoms with Gasteiger partial charge in [-0.15, -0.1) is 0 Å². The Balaban J connectivity index is 1.80. The molecule has 0 radical (unpaired) electrons. The van der Waals surface area contributed by atoms with E-state index in [-0.39, 0.29) is 5.91 Å². The summed E-state index contributed by atoms with van der Waals surface area (Å²) in [7, 11) is 1.79. The van der Waals surface area contributed by atoms with E-state index < -0.39 is 0 Å². The van der Waals surface area contributed by atoms with Crippen LogP contribution in [0, 0.1) is 0 Å². The van der Waals surface area contributed by atoms with Crippen molar-refractivity contribution >= 4 is 5.91 Å². The van der Waals surface area contributed by atoms with Crippen LogP contribution >= 0.6 is 0 Å². The predicted molar refractivity (Wildman–Crippen MR) is 79.0 cm³/mol. The van der Waals surface area contributed by atoms with Crippen molar-refractivity contribution in [1.29, 1.82) is 0 Å². The predicted octanol–water partition coefficient (Wildman–Crippen LogP) is 2.02. The van der Waals surface area contributed by atoms with Crippen LogP contribution in [0.3, 0.4) is 0 Å². The number of rotatable bonds is 4. The Morgan fingerprint density at radius 1 is 1.43 bits per heavy atom. The van der Waals surface area contributed by atoms with Crippen molar-refractivity contribution in [2.75, 3.05) is 20.1 Å². The van der Waals surface area contributed by atoms with Gasteiger partial charge in [0, 0.05) is 25.2 Å². The molecule has 1 fully saturated rings. The molecule has 0 spiro atoms. The number of carbonyl (C=O) groups excluding carboxylic acids is 1. The van der Waals surface area contributed by atoms with Crippen LogP contribution in [-0.4, -0.2) is 36.1 Å². The molecule has 5 heteroatoms. The van der Waals surface area contributed by atoms with Gasteiger partial charge in [-0.25, -0.2) is 0 Å². The Morgan fingerprint density at radius 3 is 3.00 bits per heavy atom. The molecule has 1 aromatic carbocycles. The Morgan fingerprint density at radius 2 is 2.29 bits per heavy atom. The quantitative estimate of drug-likeness (QED) is 0.933. The van der Waals surface area contributed by atoms with Crippen molar-refractivity contribution in [2.45, 2.75) is 18.9 Å². The second-order valence-corrected chi connectivity index (χ2v) is 5.42. The maximum atomic E-state index is 12.7. The van der Waals surface area contributed by atoms with Gasteiger partial charge in [0.05, 0.1) is 12.7 Å². The van der Waals surface area contributed by atoms with E-state index in [1.807, 2.05) is 18.2 Å². The lowest BCUT2D eigenvalue weighted by atomic mass is 9.93. The van der Waals surface area contributed by atoms with Crippen LogP contribution in [0.2, 0.25) is 0 Å². The zero-order valence-corrected chi connectivity index (χ0v) is 12.1. The first-order valence-electron chi connectivity index (χ1n) is 7.20. The fourth-order valence-corrected chi connectivity index (χ4v) is 2.80. The standard InChI is InChI=1S/C16H19N3O2/c1-19(11-13-7-9-18-21-13)16(20)15-5-3-2-4-14(15)12-6-8-17-10-12/h2-5,7,9,12,17H,6,8,10-11H2,1H3. The number of nitrogens with zero attached hydrogens (tertiary/aromatic N) is 2. The van der Waals surface area contributed by atoms with E-state index in [0.29, 0.717) is 18.2 Å². The summed E-state index contributed by atoms with van der Waals surface area (Å²) in [6.07, 6.45) is 2.67. The average molecular weight is 285 g/mol. The van der Waals surface area contributed by atoms with Gasteiger partial charge in [0.25, 0.3) is 5.91 Å². The van der Waals surface area contributed by atoms with Crippen LogP contribution in [0.1, 0.15) is 34.0 Å². The number of carbonyl (C=O) groups is 1. The smallest absolute Gasteiger partial charge is 0.254 e. The number of aromatic nitrogens is 1. The molecule has 1 saturated heterocycles. The van der Waals surface area contributed by atoms with Crippen molar-refractivity contribution in [3.63, 3.8) is 0 Å². The van der Waals surface area contributed by atoms with Crippen molar-refractivity contribution in [2.24, 2.45) is 0 Å². The number of hydrogen-bond acceptors (Lipinski definition) is 4. The average Bonchev–Trinajstić information content (AvgIpc) is 3.19. The van der Waals surface area contributed by atoms with Gasteiger partial charge < -0.3 is 14.7 Å². The minimum Gasteiger partial charge on any atom is -0.360 e. The zero-order valence-electron chi connectivity index (χ0n) is 12.1. The number of nitrogens with one attached hydrogen (secondary N) is 1. The molecule has 1 N–H and O–H groups in total. The second-order valence-electron chi connectivity index (χ2n) is 5.42. The molecule has 5 nitrogen and oxygen atoms in total.